The second kappa shape index (κ2) is 28.7. The Morgan fingerprint density at radius 3 is 0.839 bits per heavy atom. The first kappa shape index (κ1) is 36.3. The summed E-state index contributed by atoms with van der Waals surface area (Å²) in [6.45, 7) is 9.42. The molecule has 0 aromatic carbocycles. The lowest BCUT2D eigenvalue weighted by Gasteiger charge is -2.28. The average Bonchev–Trinajstić information content (AvgIpc) is 2.74. The van der Waals surface area contributed by atoms with Gasteiger partial charge in [-0.1, -0.05) is 111 Å². The molecule has 0 unspecified atom stereocenters. The summed E-state index contributed by atoms with van der Waals surface area (Å²) in [4.78, 5) is 0. The molecular weight excluding hydrogens is 417 g/mol. The van der Waals surface area contributed by atoms with Crippen LogP contribution in [0.1, 0.15) is 156 Å². The van der Waals surface area contributed by atoms with E-state index in [1.165, 1.54) is 109 Å². The summed E-state index contributed by atoms with van der Waals surface area (Å²) in [5, 5.41) is 0. The normalized spacial score (nSPS) is 11.2. The Balaban J connectivity index is -0.00000392. The van der Waals surface area contributed by atoms with Gasteiger partial charge in [-0.2, -0.15) is 0 Å². The molecule has 0 rings (SSSR count). The quantitative estimate of drug-likeness (QED) is 0.108. The minimum Gasteiger partial charge on any atom is -0.344 e. The number of rotatable bonds is 24. The molecular formula is C28H64ClNP+. The van der Waals surface area contributed by atoms with Crippen LogP contribution in [-0.2, 0) is 0 Å². The lowest BCUT2D eigenvalue weighted by Crippen LogP contribution is -2.13. The molecule has 0 heterocycles. The standard InChI is InChI=1S/C28H60P.ClH.H3N/c1-5-9-13-16-19-22-26-29(25-12-8-4,27-23-20-17-14-10-6-2)28-24-21-18-15-11-7-3;;/h5-28H2,1-4H3;1H;1H3/q+1;;. The highest BCUT2D eigenvalue weighted by Crippen LogP contribution is 2.61. The van der Waals surface area contributed by atoms with Crippen molar-refractivity contribution in [2.24, 2.45) is 0 Å². The maximum atomic E-state index is 2.41. The number of halogens is 1. The molecule has 0 atom stereocenters. The molecule has 0 spiro atoms. The maximum Gasteiger partial charge on any atom is 0.0594 e. The number of hydrogen-bond donors (Lipinski definition) is 1. The fourth-order valence-corrected chi connectivity index (χ4v) is 9.86. The number of hydrogen-bond acceptors (Lipinski definition) is 1. The Morgan fingerprint density at radius 2 is 0.548 bits per heavy atom. The first-order valence-corrected chi connectivity index (χ1v) is 16.6. The molecule has 3 N–H and O–H groups in total. The average molecular weight is 481 g/mol. The van der Waals surface area contributed by atoms with Crippen LogP contribution in [0.4, 0.5) is 0 Å². The lowest BCUT2D eigenvalue weighted by molar-refractivity contribution is 0.615. The van der Waals surface area contributed by atoms with Crippen LogP contribution >= 0.6 is 19.7 Å². The minimum absolute atomic E-state index is 0. The third-order valence-electron chi connectivity index (χ3n) is 6.94. The second-order valence-corrected chi connectivity index (χ2v) is 14.4. The Labute approximate surface area is 206 Å². The first-order chi connectivity index (χ1) is 14.2. The molecule has 0 aromatic rings. The van der Waals surface area contributed by atoms with Crippen LogP contribution in [-0.4, -0.2) is 24.6 Å². The van der Waals surface area contributed by atoms with E-state index in [2.05, 4.69) is 27.7 Å². The van der Waals surface area contributed by atoms with Gasteiger partial charge in [0.05, 0.1) is 24.6 Å². The Bertz CT molecular complexity index is 271. The highest BCUT2D eigenvalue weighted by Gasteiger charge is 2.34. The fourth-order valence-electron chi connectivity index (χ4n) is 4.85. The van der Waals surface area contributed by atoms with Gasteiger partial charge in [-0.15, -0.1) is 12.4 Å². The molecule has 1 nitrogen and oxygen atoms in total. The third kappa shape index (κ3) is 23.6. The van der Waals surface area contributed by atoms with Crippen molar-refractivity contribution in [3.63, 3.8) is 0 Å². The first-order valence-electron chi connectivity index (χ1n) is 14.1. The fraction of sp³-hybridized carbons (Fsp3) is 1.00. The second-order valence-electron chi connectivity index (χ2n) is 9.89. The van der Waals surface area contributed by atoms with E-state index in [1.807, 2.05) is 0 Å². The van der Waals surface area contributed by atoms with Crippen molar-refractivity contribution in [2.75, 3.05) is 24.6 Å². The van der Waals surface area contributed by atoms with Crippen molar-refractivity contribution in [2.45, 2.75) is 156 Å². The molecule has 3 heteroatoms. The van der Waals surface area contributed by atoms with E-state index in [4.69, 9.17) is 0 Å². The molecule has 0 aromatic heterocycles. The predicted octanol–water partition coefficient (Wildman–Crippen LogP) is 11.5. The van der Waals surface area contributed by atoms with E-state index < -0.39 is 7.26 Å². The monoisotopic (exact) mass is 480 g/mol. The predicted molar refractivity (Wildman–Crippen MR) is 154 cm³/mol. The highest BCUT2D eigenvalue weighted by molar-refractivity contribution is 7.75. The molecule has 0 bridgehead atoms. The highest BCUT2D eigenvalue weighted by atomic mass is 35.5. The largest absolute Gasteiger partial charge is 0.344 e. The number of unbranched alkanes of at least 4 members (excludes halogenated alkanes) is 16. The van der Waals surface area contributed by atoms with Crippen LogP contribution in [0, 0.1) is 0 Å². The summed E-state index contributed by atoms with van der Waals surface area (Å²) in [5.41, 5.74) is 0. The summed E-state index contributed by atoms with van der Waals surface area (Å²) in [7, 11) is -0.679. The topological polar surface area (TPSA) is 35.0 Å². The van der Waals surface area contributed by atoms with Gasteiger partial charge in [-0.05, 0) is 44.9 Å². The molecule has 0 saturated carbocycles. The van der Waals surface area contributed by atoms with E-state index >= 15 is 0 Å². The van der Waals surface area contributed by atoms with Gasteiger partial charge in [0.15, 0.2) is 0 Å². The van der Waals surface area contributed by atoms with Gasteiger partial charge in [0.2, 0.25) is 0 Å². The van der Waals surface area contributed by atoms with Crippen LogP contribution in [0.5, 0.6) is 0 Å². The Hall–Kier alpha value is 0.680. The summed E-state index contributed by atoms with van der Waals surface area (Å²) in [6.07, 6.45) is 36.1. The van der Waals surface area contributed by atoms with Crippen molar-refractivity contribution in [1.29, 1.82) is 0 Å². The Morgan fingerprint density at radius 1 is 0.323 bits per heavy atom. The zero-order valence-electron chi connectivity index (χ0n) is 22.5. The van der Waals surface area contributed by atoms with Gasteiger partial charge < -0.3 is 6.15 Å². The van der Waals surface area contributed by atoms with Crippen LogP contribution in [0.2, 0.25) is 0 Å². The van der Waals surface area contributed by atoms with Crippen molar-refractivity contribution in [1.82, 2.24) is 6.15 Å². The SMILES string of the molecule is CCCCCCCC[P+](CCCC)(CCCCCCCC)CCCCCCCC.Cl.N. The molecule has 0 radical (unpaired) electrons. The van der Waals surface area contributed by atoms with E-state index in [1.54, 1.807) is 43.9 Å². The smallest absolute Gasteiger partial charge is 0.0594 e. The zero-order valence-corrected chi connectivity index (χ0v) is 24.2. The van der Waals surface area contributed by atoms with Gasteiger partial charge >= 0.3 is 0 Å². The summed E-state index contributed by atoms with van der Waals surface area (Å²) < 4.78 is 0. The summed E-state index contributed by atoms with van der Waals surface area (Å²) in [5.74, 6) is 0. The molecule has 0 amide bonds. The van der Waals surface area contributed by atoms with Gasteiger partial charge in [0, 0.05) is 7.26 Å². The molecule has 0 aliphatic rings. The van der Waals surface area contributed by atoms with Crippen LogP contribution in [0.15, 0.2) is 0 Å². The van der Waals surface area contributed by atoms with Gasteiger partial charge in [0.1, 0.15) is 0 Å². The summed E-state index contributed by atoms with van der Waals surface area (Å²) in [6, 6.07) is 0. The maximum absolute atomic E-state index is 2.41. The molecule has 0 aliphatic heterocycles. The minimum atomic E-state index is -0.679. The van der Waals surface area contributed by atoms with E-state index in [-0.39, 0.29) is 18.6 Å². The van der Waals surface area contributed by atoms with Gasteiger partial charge in [0.25, 0.3) is 0 Å². The van der Waals surface area contributed by atoms with Crippen LogP contribution in [0.3, 0.4) is 0 Å². The molecule has 192 valence electrons. The molecule has 0 saturated heterocycles. The zero-order chi connectivity index (χ0) is 21.5. The third-order valence-corrected chi connectivity index (χ3v) is 12.0. The van der Waals surface area contributed by atoms with Crippen molar-refractivity contribution >= 4 is 19.7 Å². The molecule has 0 fully saturated rings. The van der Waals surface area contributed by atoms with Gasteiger partial charge in [-0.25, -0.2) is 0 Å². The molecule has 31 heavy (non-hydrogen) atoms. The van der Waals surface area contributed by atoms with E-state index in [0.717, 1.165) is 0 Å². The van der Waals surface area contributed by atoms with Gasteiger partial charge in [-0.3, -0.25) is 0 Å². The molecule has 0 aliphatic carbocycles. The van der Waals surface area contributed by atoms with E-state index in [9.17, 15) is 0 Å². The van der Waals surface area contributed by atoms with Crippen molar-refractivity contribution in [3.8, 4) is 0 Å². The lowest BCUT2D eigenvalue weighted by atomic mass is 10.1. The summed E-state index contributed by atoms with van der Waals surface area (Å²) >= 11 is 0. The van der Waals surface area contributed by atoms with Crippen molar-refractivity contribution in [3.05, 3.63) is 0 Å². The van der Waals surface area contributed by atoms with Crippen LogP contribution in [0.25, 0.3) is 0 Å². The van der Waals surface area contributed by atoms with Crippen molar-refractivity contribution < 1.29 is 0 Å². The Kier molecular flexibility index (Phi) is 33.6. The van der Waals surface area contributed by atoms with E-state index in [0.29, 0.717) is 0 Å². The van der Waals surface area contributed by atoms with Crippen LogP contribution < -0.4 is 6.15 Å².